The summed E-state index contributed by atoms with van der Waals surface area (Å²) >= 11 is 6.20. The molecule has 0 unspecified atom stereocenters. The summed E-state index contributed by atoms with van der Waals surface area (Å²) in [6.45, 7) is 4.77. The molecule has 0 N–H and O–H groups in total. The largest absolute Gasteiger partial charge is 0.494 e. The van der Waals surface area contributed by atoms with Crippen molar-refractivity contribution in [3.63, 3.8) is 0 Å². The van der Waals surface area contributed by atoms with Gasteiger partial charge in [0.25, 0.3) is 0 Å². The van der Waals surface area contributed by atoms with Gasteiger partial charge in [-0.1, -0.05) is 41.4 Å². The number of benzene rings is 2. The third-order valence-corrected chi connectivity index (χ3v) is 3.20. The molecule has 0 spiro atoms. The van der Waals surface area contributed by atoms with Crippen molar-refractivity contribution in [3.8, 4) is 5.75 Å². The van der Waals surface area contributed by atoms with Crippen molar-refractivity contribution in [2.45, 2.75) is 20.3 Å². The molecule has 2 rings (SSSR count). The smallest absolute Gasteiger partial charge is 0.119 e. The third kappa shape index (κ3) is 3.27. The Balaban J connectivity index is 2.15. The number of rotatable bonds is 4. The van der Waals surface area contributed by atoms with Crippen LogP contribution in [0.1, 0.15) is 23.6 Å². The fourth-order valence-corrected chi connectivity index (χ4v) is 2.11. The van der Waals surface area contributed by atoms with E-state index in [1.165, 1.54) is 16.7 Å². The molecule has 0 saturated heterocycles. The van der Waals surface area contributed by atoms with Crippen LogP contribution in [0.25, 0.3) is 0 Å². The fourth-order valence-electron chi connectivity index (χ4n) is 1.93. The van der Waals surface area contributed by atoms with Crippen LogP contribution in [0.3, 0.4) is 0 Å². The van der Waals surface area contributed by atoms with Crippen molar-refractivity contribution in [2.75, 3.05) is 6.61 Å². The first-order valence-corrected chi connectivity index (χ1v) is 6.53. The number of hydrogen-bond acceptors (Lipinski definition) is 1. The highest BCUT2D eigenvalue weighted by Crippen LogP contribution is 2.22. The highest BCUT2D eigenvalue weighted by molar-refractivity contribution is 6.31. The normalized spacial score (nSPS) is 10.4. The zero-order chi connectivity index (χ0) is 13.0. The maximum Gasteiger partial charge on any atom is 0.119 e. The van der Waals surface area contributed by atoms with E-state index in [9.17, 15) is 0 Å². The summed E-state index contributed by atoms with van der Waals surface area (Å²) in [5.74, 6) is 0.914. The summed E-state index contributed by atoms with van der Waals surface area (Å²) in [5.41, 5.74) is 3.65. The molecular formula is C16H17ClO. The number of halogens is 1. The van der Waals surface area contributed by atoms with Gasteiger partial charge in [-0.2, -0.15) is 0 Å². The van der Waals surface area contributed by atoms with Crippen LogP contribution >= 0.6 is 11.6 Å². The molecule has 2 aromatic rings. The Morgan fingerprint density at radius 1 is 1.06 bits per heavy atom. The molecular weight excluding hydrogens is 244 g/mol. The Bertz CT molecular complexity index is 517. The van der Waals surface area contributed by atoms with Crippen LogP contribution in [-0.4, -0.2) is 6.61 Å². The van der Waals surface area contributed by atoms with E-state index < -0.39 is 0 Å². The summed E-state index contributed by atoms with van der Waals surface area (Å²) in [7, 11) is 0. The fraction of sp³-hybridized carbons (Fsp3) is 0.250. The van der Waals surface area contributed by atoms with Crippen LogP contribution in [0, 0.1) is 6.92 Å². The molecule has 0 heterocycles. The average molecular weight is 261 g/mol. The SMILES string of the molecule is CCOc1ccc(Cc2cc(C)ccc2Cl)cc1. The maximum atomic E-state index is 6.20. The second-order valence-electron chi connectivity index (χ2n) is 4.35. The second-order valence-corrected chi connectivity index (χ2v) is 4.76. The van der Waals surface area contributed by atoms with E-state index in [0.29, 0.717) is 6.61 Å². The number of ether oxygens (including phenoxy) is 1. The Labute approximate surface area is 113 Å². The molecule has 94 valence electrons. The third-order valence-electron chi connectivity index (χ3n) is 2.83. The highest BCUT2D eigenvalue weighted by Gasteiger charge is 2.02. The lowest BCUT2D eigenvalue weighted by molar-refractivity contribution is 0.340. The van der Waals surface area contributed by atoms with Crippen molar-refractivity contribution in [3.05, 3.63) is 64.2 Å². The van der Waals surface area contributed by atoms with Gasteiger partial charge in [-0.05, 0) is 49.6 Å². The molecule has 0 aromatic heterocycles. The monoisotopic (exact) mass is 260 g/mol. The van der Waals surface area contributed by atoms with Crippen LogP contribution < -0.4 is 4.74 Å². The standard InChI is InChI=1S/C16H17ClO/c1-3-18-15-7-5-13(6-8-15)11-14-10-12(2)4-9-16(14)17/h4-10H,3,11H2,1-2H3. The van der Waals surface area contributed by atoms with E-state index in [1.54, 1.807) is 0 Å². The number of aryl methyl sites for hydroxylation is 1. The first-order chi connectivity index (χ1) is 8.69. The predicted molar refractivity (Wildman–Crippen MR) is 76.6 cm³/mol. The molecule has 2 heteroatoms. The molecule has 0 bridgehead atoms. The van der Waals surface area contributed by atoms with Crippen LogP contribution in [0.2, 0.25) is 5.02 Å². The summed E-state index contributed by atoms with van der Waals surface area (Å²) in [4.78, 5) is 0. The van der Waals surface area contributed by atoms with E-state index in [4.69, 9.17) is 16.3 Å². The Morgan fingerprint density at radius 3 is 2.44 bits per heavy atom. The first-order valence-electron chi connectivity index (χ1n) is 6.16. The van der Waals surface area contributed by atoms with Crippen LogP contribution in [0.4, 0.5) is 0 Å². The van der Waals surface area contributed by atoms with E-state index in [0.717, 1.165) is 17.2 Å². The molecule has 0 aliphatic carbocycles. The van der Waals surface area contributed by atoms with Crippen molar-refractivity contribution in [2.24, 2.45) is 0 Å². The van der Waals surface area contributed by atoms with Gasteiger partial charge in [0.15, 0.2) is 0 Å². The Morgan fingerprint density at radius 2 is 1.78 bits per heavy atom. The summed E-state index contributed by atoms with van der Waals surface area (Å²) in [6.07, 6.45) is 0.854. The molecule has 0 fully saturated rings. The number of hydrogen-bond donors (Lipinski definition) is 0. The molecule has 0 atom stereocenters. The highest BCUT2D eigenvalue weighted by atomic mass is 35.5. The van der Waals surface area contributed by atoms with E-state index >= 15 is 0 Å². The molecule has 0 aliphatic heterocycles. The minimum absolute atomic E-state index is 0.697. The minimum Gasteiger partial charge on any atom is -0.494 e. The molecule has 0 saturated carbocycles. The van der Waals surface area contributed by atoms with Gasteiger partial charge in [-0.3, -0.25) is 0 Å². The molecule has 1 nitrogen and oxygen atoms in total. The van der Waals surface area contributed by atoms with E-state index in [2.05, 4.69) is 25.1 Å². The van der Waals surface area contributed by atoms with Crippen LogP contribution in [0.15, 0.2) is 42.5 Å². The van der Waals surface area contributed by atoms with Gasteiger partial charge >= 0.3 is 0 Å². The van der Waals surface area contributed by atoms with Gasteiger partial charge < -0.3 is 4.74 Å². The summed E-state index contributed by atoms with van der Waals surface area (Å²) < 4.78 is 5.43. The first kappa shape index (κ1) is 13.0. The molecule has 2 aromatic carbocycles. The summed E-state index contributed by atoms with van der Waals surface area (Å²) in [6, 6.07) is 14.3. The van der Waals surface area contributed by atoms with E-state index in [-0.39, 0.29) is 0 Å². The van der Waals surface area contributed by atoms with Gasteiger partial charge in [0.2, 0.25) is 0 Å². The zero-order valence-corrected chi connectivity index (χ0v) is 11.5. The maximum absolute atomic E-state index is 6.20. The Hall–Kier alpha value is -1.47. The van der Waals surface area contributed by atoms with Crippen molar-refractivity contribution in [1.29, 1.82) is 0 Å². The molecule has 0 radical (unpaired) electrons. The van der Waals surface area contributed by atoms with Gasteiger partial charge in [0.1, 0.15) is 5.75 Å². The quantitative estimate of drug-likeness (QED) is 0.778. The second kappa shape index (κ2) is 5.92. The average Bonchev–Trinajstić information content (AvgIpc) is 2.37. The van der Waals surface area contributed by atoms with Crippen molar-refractivity contribution >= 4 is 11.6 Å². The van der Waals surface area contributed by atoms with Gasteiger partial charge in [0, 0.05) is 5.02 Å². The molecule has 0 amide bonds. The van der Waals surface area contributed by atoms with Gasteiger partial charge in [-0.25, -0.2) is 0 Å². The van der Waals surface area contributed by atoms with Gasteiger partial charge in [-0.15, -0.1) is 0 Å². The van der Waals surface area contributed by atoms with Crippen molar-refractivity contribution < 1.29 is 4.74 Å². The van der Waals surface area contributed by atoms with Gasteiger partial charge in [0.05, 0.1) is 6.61 Å². The van der Waals surface area contributed by atoms with E-state index in [1.807, 2.05) is 31.2 Å². The lowest BCUT2D eigenvalue weighted by Gasteiger charge is -2.07. The topological polar surface area (TPSA) is 9.23 Å². The lowest BCUT2D eigenvalue weighted by Crippen LogP contribution is -1.93. The predicted octanol–water partition coefficient (Wildman–Crippen LogP) is 4.64. The Kier molecular flexibility index (Phi) is 4.27. The molecule has 18 heavy (non-hydrogen) atoms. The summed E-state index contributed by atoms with van der Waals surface area (Å²) in [5, 5.41) is 0.828. The van der Waals surface area contributed by atoms with Crippen molar-refractivity contribution in [1.82, 2.24) is 0 Å². The minimum atomic E-state index is 0.697. The van der Waals surface area contributed by atoms with Crippen LogP contribution in [0.5, 0.6) is 5.75 Å². The van der Waals surface area contributed by atoms with Crippen LogP contribution in [-0.2, 0) is 6.42 Å². The zero-order valence-electron chi connectivity index (χ0n) is 10.7. The lowest BCUT2D eigenvalue weighted by atomic mass is 10.0. The molecule has 0 aliphatic rings.